The number of rotatable bonds is 4. The summed E-state index contributed by atoms with van der Waals surface area (Å²) in [5.74, 6) is -2.79. The van der Waals surface area contributed by atoms with Gasteiger partial charge >= 0.3 is 210 Å². The van der Waals surface area contributed by atoms with E-state index in [9.17, 15) is 24.4 Å². The molecule has 0 aromatic rings. The first-order valence-corrected chi connectivity index (χ1v) is 14.0. The Morgan fingerprint density at radius 3 is 2.58 bits per heavy atom. The molecule has 0 spiro atoms. The van der Waals surface area contributed by atoms with Gasteiger partial charge in [-0.15, -0.1) is 0 Å². The molecule has 0 bridgehead atoms. The van der Waals surface area contributed by atoms with Crippen LogP contribution >= 0.6 is 7.82 Å². The third-order valence-corrected chi connectivity index (χ3v) is 11.0. The maximum absolute atomic E-state index is 17.1. The molecule has 0 saturated heterocycles. The molecule has 178 valence electrons. The van der Waals surface area contributed by atoms with Crippen LogP contribution in [0.2, 0.25) is 0 Å². The van der Waals surface area contributed by atoms with Crippen LogP contribution in [0.5, 0.6) is 0 Å². The number of hydrogen-bond donors (Lipinski definition) is 4. The SMILES string of the molecule is C[C@@H]1C[C@H]2[C@@H]3CCC4=CC(=O)C=C[C@]4(C)[C@@]3(F)[C@@H](O)C[C@]2(C)[C@@]1(O)C(=O)[CH]([Na])OP(=O)(O)O. The fourth-order valence-corrected chi connectivity index (χ4v) is 9.41. The number of phosphoric acid groups is 1. The second-order valence-electron chi connectivity index (χ2n) is 10.8. The molecule has 1 unspecified atom stereocenters. The monoisotopic (exact) mass is 494 g/mol. The van der Waals surface area contributed by atoms with Crippen LogP contribution in [0.4, 0.5) is 4.39 Å². The molecule has 0 aromatic carbocycles. The van der Waals surface area contributed by atoms with Crippen LogP contribution in [0.25, 0.3) is 0 Å². The Bertz CT molecular complexity index is 1010. The Kier molecular flexibility index (Phi) is 6.18. The molecular weight excluding hydrogens is 465 g/mol. The quantitative estimate of drug-likeness (QED) is 0.341. The van der Waals surface area contributed by atoms with Gasteiger partial charge in [0.25, 0.3) is 0 Å². The standard InChI is InChI=1S/C22H29FO8P.Na/c1-12-8-16-15-5-4-13-9-14(24)6-7-19(13,2)21(15,23)17(25)10-20(16,3)22(12,27)18(26)11-31-32(28,29)30;/h6-7,9,11-12,15-17,25,27H,4-5,8,10H2,1-3H3,(H2,28,29,30);/t12-,15+,16+,17+,19+,20+,21+,22+;/m1./s1. The van der Waals surface area contributed by atoms with E-state index in [0.29, 0.717) is 24.8 Å². The number of alkyl halides is 1. The first kappa shape index (κ1) is 25.9. The van der Waals surface area contributed by atoms with Crippen molar-refractivity contribution in [1.29, 1.82) is 0 Å². The second-order valence-corrected chi connectivity index (χ2v) is 13.0. The van der Waals surface area contributed by atoms with Crippen molar-refractivity contribution in [2.75, 3.05) is 0 Å². The summed E-state index contributed by atoms with van der Waals surface area (Å²) in [5, 5.41) is 23.1. The van der Waals surface area contributed by atoms with Gasteiger partial charge in [0.1, 0.15) is 0 Å². The molecule has 3 saturated carbocycles. The van der Waals surface area contributed by atoms with Crippen LogP contribution in [-0.2, 0) is 18.7 Å². The van der Waals surface area contributed by atoms with Crippen molar-refractivity contribution in [1.82, 2.24) is 0 Å². The number of ketones is 2. The zero-order chi connectivity index (χ0) is 24.8. The molecule has 0 heterocycles. The van der Waals surface area contributed by atoms with Crippen LogP contribution in [-0.4, -0.2) is 80.2 Å². The Morgan fingerprint density at radius 2 is 1.97 bits per heavy atom. The average Bonchev–Trinajstić information content (AvgIpc) is 2.89. The van der Waals surface area contributed by atoms with E-state index in [-0.39, 0.29) is 40.1 Å². The first-order valence-electron chi connectivity index (χ1n) is 11.3. The molecular formula is C22H29FNaO8P. The normalized spacial score (nSPS) is 47.9. The number of allylic oxidation sites excluding steroid dienone is 4. The Balaban J connectivity index is 1.76. The summed E-state index contributed by atoms with van der Waals surface area (Å²) in [4.78, 5) is 43.6. The van der Waals surface area contributed by atoms with Crippen molar-refractivity contribution in [2.24, 2.45) is 28.6 Å². The number of aliphatic hydroxyl groups is 2. The van der Waals surface area contributed by atoms with Crippen LogP contribution in [0, 0.1) is 28.6 Å². The number of aliphatic hydroxyl groups excluding tert-OH is 1. The van der Waals surface area contributed by atoms with E-state index in [1.807, 2.05) is 0 Å². The molecule has 33 heavy (non-hydrogen) atoms. The van der Waals surface area contributed by atoms with Gasteiger partial charge in [0, 0.05) is 0 Å². The minimum absolute atomic E-state index is 0.0642. The average molecular weight is 494 g/mol. The van der Waals surface area contributed by atoms with Crippen molar-refractivity contribution < 1.29 is 43.1 Å². The van der Waals surface area contributed by atoms with Gasteiger partial charge in [0.05, 0.1) is 0 Å². The van der Waals surface area contributed by atoms with Crippen LogP contribution in [0.3, 0.4) is 0 Å². The van der Waals surface area contributed by atoms with E-state index in [0.717, 1.165) is 0 Å². The molecule has 0 radical (unpaired) electrons. The molecule has 4 aliphatic carbocycles. The van der Waals surface area contributed by atoms with Crippen molar-refractivity contribution >= 4 is 47.3 Å². The van der Waals surface area contributed by atoms with Crippen LogP contribution in [0.1, 0.15) is 46.5 Å². The van der Waals surface area contributed by atoms with E-state index < -0.39 is 62.9 Å². The van der Waals surface area contributed by atoms with Gasteiger partial charge < -0.3 is 0 Å². The Hall–Kier alpha value is -0.220. The molecule has 0 aromatic heterocycles. The fourth-order valence-electron chi connectivity index (χ4n) is 7.64. The molecule has 0 aliphatic heterocycles. The van der Waals surface area contributed by atoms with E-state index in [1.54, 1.807) is 26.8 Å². The second kappa shape index (κ2) is 7.89. The van der Waals surface area contributed by atoms with E-state index in [1.165, 1.54) is 12.2 Å². The molecule has 8 nitrogen and oxygen atoms in total. The zero-order valence-electron chi connectivity index (χ0n) is 19.2. The van der Waals surface area contributed by atoms with E-state index in [2.05, 4.69) is 4.52 Å². The summed E-state index contributed by atoms with van der Waals surface area (Å²) >= 11 is -0.0642. The maximum atomic E-state index is 17.1. The predicted molar refractivity (Wildman–Crippen MR) is 116 cm³/mol. The topological polar surface area (TPSA) is 141 Å². The molecule has 0 amide bonds. The van der Waals surface area contributed by atoms with Gasteiger partial charge in [-0.1, -0.05) is 0 Å². The van der Waals surface area contributed by atoms with E-state index >= 15 is 4.39 Å². The van der Waals surface area contributed by atoms with Crippen LogP contribution < -0.4 is 0 Å². The van der Waals surface area contributed by atoms with Crippen molar-refractivity contribution in [3.8, 4) is 0 Å². The van der Waals surface area contributed by atoms with Gasteiger partial charge in [-0.25, -0.2) is 0 Å². The summed E-state index contributed by atoms with van der Waals surface area (Å²) in [7, 11) is -4.95. The number of carbonyl (C=O) groups excluding carboxylic acids is 2. The Labute approximate surface area is 209 Å². The predicted octanol–water partition coefficient (Wildman–Crippen LogP) is 1.51. The molecule has 4 rings (SSSR count). The van der Waals surface area contributed by atoms with Gasteiger partial charge in [-0.2, -0.15) is 0 Å². The number of carbonyl (C=O) groups is 2. The van der Waals surface area contributed by atoms with Gasteiger partial charge in [-0.05, 0) is 0 Å². The Morgan fingerprint density at radius 1 is 1.33 bits per heavy atom. The fraction of sp³-hybridized carbons (Fsp3) is 0.727. The number of fused-ring (bicyclic) bond motifs is 5. The van der Waals surface area contributed by atoms with Gasteiger partial charge in [-0.3, -0.25) is 0 Å². The van der Waals surface area contributed by atoms with Crippen LogP contribution in [0.15, 0.2) is 23.8 Å². The number of phosphoric ester groups is 1. The summed E-state index contributed by atoms with van der Waals surface area (Å²) in [6.45, 7) is 5.03. The number of Topliss-reactive ketones (excluding diaryl/α,β-unsaturated/α-hetero) is 1. The first-order chi connectivity index (χ1) is 15.0. The van der Waals surface area contributed by atoms with E-state index in [4.69, 9.17) is 9.79 Å². The van der Waals surface area contributed by atoms with Crippen molar-refractivity contribution in [3.05, 3.63) is 23.8 Å². The van der Waals surface area contributed by atoms with Gasteiger partial charge in [0.2, 0.25) is 0 Å². The summed E-state index contributed by atoms with van der Waals surface area (Å²) in [6, 6.07) is 0. The third kappa shape index (κ3) is 3.42. The van der Waals surface area contributed by atoms with Crippen molar-refractivity contribution in [3.63, 3.8) is 0 Å². The molecule has 4 aliphatic rings. The van der Waals surface area contributed by atoms with Crippen molar-refractivity contribution in [2.45, 2.75) is 67.2 Å². The third-order valence-electron chi connectivity index (χ3n) is 9.26. The van der Waals surface area contributed by atoms with Gasteiger partial charge in [0.15, 0.2) is 0 Å². The molecule has 11 heteroatoms. The summed E-state index contributed by atoms with van der Waals surface area (Å²) in [6.07, 6.45) is 3.74. The summed E-state index contributed by atoms with van der Waals surface area (Å²) < 4.78 is 31.6. The molecule has 3 fully saturated rings. The number of halogens is 1. The summed E-state index contributed by atoms with van der Waals surface area (Å²) in [5.41, 5.74) is -5.87. The minimum atomic E-state index is -4.95. The molecule has 4 N–H and O–H groups in total. The zero-order valence-corrected chi connectivity index (χ0v) is 22.1. The molecule has 9 atom stereocenters. The number of hydrogen-bond acceptors (Lipinski definition) is 6.